The number of aryl methyl sites for hydroxylation is 1. The van der Waals surface area contributed by atoms with E-state index < -0.39 is 11.6 Å². The Hall–Kier alpha value is -3.63. The zero-order valence-electron chi connectivity index (χ0n) is 26.1. The summed E-state index contributed by atoms with van der Waals surface area (Å²) in [6.07, 6.45) is 4.58. The molecule has 3 saturated heterocycles. The van der Waals surface area contributed by atoms with Gasteiger partial charge in [-0.2, -0.15) is 0 Å². The van der Waals surface area contributed by atoms with Gasteiger partial charge in [0, 0.05) is 60.2 Å². The van der Waals surface area contributed by atoms with Crippen LogP contribution in [0, 0.1) is 24.5 Å². The summed E-state index contributed by atoms with van der Waals surface area (Å²) in [5, 5.41) is 0. The van der Waals surface area contributed by atoms with Gasteiger partial charge in [0.15, 0.2) is 11.6 Å². The number of halogens is 2. The molecule has 3 aromatic rings. The first kappa shape index (κ1) is 31.4. The lowest BCUT2D eigenvalue weighted by molar-refractivity contribution is -0.148. The van der Waals surface area contributed by atoms with Crippen LogP contribution in [0.25, 0.3) is 11.3 Å². The van der Waals surface area contributed by atoms with Crippen molar-refractivity contribution in [2.45, 2.75) is 64.5 Å². The average molecular weight is 621 g/mol. The van der Waals surface area contributed by atoms with Crippen LogP contribution in [0.15, 0.2) is 42.5 Å². The molecule has 3 fully saturated rings. The van der Waals surface area contributed by atoms with E-state index in [1.54, 1.807) is 6.07 Å². The van der Waals surface area contributed by atoms with E-state index in [0.29, 0.717) is 56.0 Å². The highest BCUT2D eigenvalue weighted by molar-refractivity contribution is 5.73. The van der Waals surface area contributed by atoms with Crippen molar-refractivity contribution in [1.29, 1.82) is 0 Å². The highest BCUT2D eigenvalue weighted by atomic mass is 19.1. The molecule has 3 aliphatic heterocycles. The summed E-state index contributed by atoms with van der Waals surface area (Å²) in [6.45, 7) is 9.30. The summed E-state index contributed by atoms with van der Waals surface area (Å²) in [6, 6.07) is 12.1. The molecule has 6 rings (SSSR count). The lowest BCUT2D eigenvalue weighted by Gasteiger charge is -2.35. The zero-order valence-corrected chi connectivity index (χ0v) is 26.1. The SMILES string of the molecule is CCOC(=O)C1CCN(c2cccc(-c3cc(F)cc(F)c3OCc3ccc(C4CCN(C5CCOC5)CC4)nc3C)n2)CC1. The molecule has 45 heavy (non-hydrogen) atoms. The molecule has 0 N–H and O–H groups in total. The van der Waals surface area contributed by atoms with Crippen LogP contribution in [0.5, 0.6) is 5.75 Å². The first-order valence-corrected chi connectivity index (χ1v) is 16.2. The van der Waals surface area contributed by atoms with Gasteiger partial charge in [-0.15, -0.1) is 0 Å². The summed E-state index contributed by atoms with van der Waals surface area (Å²) < 4.78 is 46.5. The molecule has 0 spiro atoms. The van der Waals surface area contributed by atoms with Crippen LogP contribution in [0.1, 0.15) is 61.9 Å². The number of aromatic nitrogens is 2. The number of anilines is 1. The fourth-order valence-corrected chi connectivity index (χ4v) is 6.76. The van der Waals surface area contributed by atoms with Gasteiger partial charge in [-0.3, -0.25) is 14.7 Å². The number of hydrogen-bond donors (Lipinski definition) is 0. The van der Waals surface area contributed by atoms with E-state index in [-0.39, 0.29) is 29.8 Å². The third-order valence-corrected chi connectivity index (χ3v) is 9.42. The van der Waals surface area contributed by atoms with Crippen LogP contribution in [-0.2, 0) is 20.9 Å². The number of carbonyl (C=O) groups is 1. The molecule has 0 amide bonds. The lowest BCUT2D eigenvalue weighted by atomic mass is 9.91. The van der Waals surface area contributed by atoms with Crippen LogP contribution in [0.3, 0.4) is 0 Å². The Balaban J connectivity index is 1.13. The number of ether oxygens (including phenoxy) is 3. The Morgan fingerprint density at radius 1 is 1.00 bits per heavy atom. The van der Waals surface area contributed by atoms with Gasteiger partial charge in [0.05, 0.1) is 24.8 Å². The minimum absolute atomic E-state index is 0.0474. The molecule has 0 radical (unpaired) electrons. The standard InChI is InChI=1S/C35H42F2N4O4/c1-3-44-35(42)25-11-16-41(17-12-25)33-6-4-5-32(39-33)29-19-27(36)20-30(37)34(29)45-21-26-7-8-31(38-23(26)2)24-9-14-40(15-10-24)28-13-18-43-22-28/h4-8,19-20,24-25,28H,3,9-18,21-22H2,1-2H3. The Morgan fingerprint density at radius 2 is 1.80 bits per heavy atom. The monoisotopic (exact) mass is 620 g/mol. The van der Waals surface area contributed by atoms with Crippen LogP contribution in [0.4, 0.5) is 14.6 Å². The van der Waals surface area contributed by atoms with E-state index in [1.165, 1.54) is 6.07 Å². The molecule has 2 aromatic heterocycles. The van der Waals surface area contributed by atoms with Crippen molar-refractivity contribution in [2.75, 3.05) is 50.9 Å². The van der Waals surface area contributed by atoms with E-state index >= 15 is 4.39 Å². The second-order valence-electron chi connectivity index (χ2n) is 12.3. The zero-order chi connectivity index (χ0) is 31.3. The molecule has 8 nitrogen and oxygen atoms in total. The second kappa shape index (κ2) is 14.2. The maximum atomic E-state index is 15.2. The summed E-state index contributed by atoms with van der Waals surface area (Å²) in [7, 11) is 0. The Kier molecular flexibility index (Phi) is 9.90. The molecule has 3 aliphatic rings. The number of likely N-dealkylation sites (tertiary alicyclic amines) is 1. The molecule has 0 saturated carbocycles. The van der Waals surface area contributed by atoms with Crippen molar-refractivity contribution < 1.29 is 27.8 Å². The molecule has 5 heterocycles. The van der Waals surface area contributed by atoms with Gasteiger partial charge in [0.1, 0.15) is 18.2 Å². The molecule has 0 aliphatic carbocycles. The van der Waals surface area contributed by atoms with E-state index in [9.17, 15) is 9.18 Å². The van der Waals surface area contributed by atoms with Crippen molar-refractivity contribution in [3.05, 3.63) is 71.1 Å². The number of nitrogens with zero attached hydrogens (tertiary/aromatic N) is 4. The van der Waals surface area contributed by atoms with Gasteiger partial charge in [-0.25, -0.2) is 13.8 Å². The third-order valence-electron chi connectivity index (χ3n) is 9.42. The molecule has 1 atom stereocenters. The molecule has 0 bridgehead atoms. The predicted octanol–water partition coefficient (Wildman–Crippen LogP) is 6.06. The second-order valence-corrected chi connectivity index (χ2v) is 12.3. The Bertz CT molecular complexity index is 1480. The number of rotatable bonds is 9. The number of pyridine rings is 2. The quantitative estimate of drug-likeness (QED) is 0.268. The van der Waals surface area contributed by atoms with Gasteiger partial charge in [0.25, 0.3) is 0 Å². The van der Waals surface area contributed by atoms with Crippen molar-refractivity contribution >= 4 is 11.8 Å². The first-order chi connectivity index (χ1) is 21.9. The van der Waals surface area contributed by atoms with Crippen molar-refractivity contribution in [3.63, 3.8) is 0 Å². The minimum Gasteiger partial charge on any atom is -0.485 e. The smallest absolute Gasteiger partial charge is 0.309 e. The Labute approximate surface area is 263 Å². The lowest BCUT2D eigenvalue weighted by Crippen LogP contribution is -2.41. The average Bonchev–Trinajstić information content (AvgIpc) is 3.60. The van der Waals surface area contributed by atoms with Crippen LogP contribution < -0.4 is 9.64 Å². The summed E-state index contributed by atoms with van der Waals surface area (Å²) in [4.78, 5) is 26.5. The Morgan fingerprint density at radius 3 is 2.51 bits per heavy atom. The van der Waals surface area contributed by atoms with E-state index in [1.807, 2.05) is 32.0 Å². The molecule has 1 unspecified atom stereocenters. The summed E-state index contributed by atoms with van der Waals surface area (Å²) in [5.74, 6) is -0.726. The highest BCUT2D eigenvalue weighted by Crippen LogP contribution is 2.35. The van der Waals surface area contributed by atoms with Crippen LogP contribution in [0.2, 0.25) is 0 Å². The third kappa shape index (κ3) is 7.28. The fourth-order valence-electron chi connectivity index (χ4n) is 6.76. The molecular formula is C35H42F2N4O4. The number of carbonyl (C=O) groups excluding carboxylic acids is 1. The largest absolute Gasteiger partial charge is 0.485 e. The van der Waals surface area contributed by atoms with Crippen LogP contribution >= 0.6 is 0 Å². The van der Waals surface area contributed by atoms with Gasteiger partial charge in [-0.1, -0.05) is 12.1 Å². The van der Waals surface area contributed by atoms with Gasteiger partial charge in [0.2, 0.25) is 0 Å². The van der Waals surface area contributed by atoms with E-state index in [2.05, 4.69) is 15.9 Å². The van der Waals surface area contributed by atoms with Crippen molar-refractivity contribution in [3.8, 4) is 17.0 Å². The summed E-state index contributed by atoms with van der Waals surface area (Å²) in [5.41, 5.74) is 3.43. The first-order valence-electron chi connectivity index (χ1n) is 16.2. The normalized spacial score (nSPS) is 20.0. The number of piperidine rings is 2. The highest BCUT2D eigenvalue weighted by Gasteiger charge is 2.29. The molecule has 240 valence electrons. The van der Waals surface area contributed by atoms with E-state index in [0.717, 1.165) is 68.6 Å². The molecular weight excluding hydrogens is 578 g/mol. The topological polar surface area (TPSA) is 77.0 Å². The summed E-state index contributed by atoms with van der Waals surface area (Å²) >= 11 is 0. The minimum atomic E-state index is -0.783. The number of esters is 1. The fraction of sp³-hybridized carbons (Fsp3) is 0.514. The van der Waals surface area contributed by atoms with Crippen molar-refractivity contribution in [2.24, 2.45) is 5.92 Å². The van der Waals surface area contributed by atoms with Crippen LogP contribution in [-0.4, -0.2) is 72.9 Å². The number of hydrogen-bond acceptors (Lipinski definition) is 8. The number of benzene rings is 1. The van der Waals surface area contributed by atoms with Gasteiger partial charge < -0.3 is 19.1 Å². The molecule has 1 aromatic carbocycles. The predicted molar refractivity (Wildman–Crippen MR) is 167 cm³/mol. The maximum Gasteiger partial charge on any atom is 0.309 e. The van der Waals surface area contributed by atoms with E-state index in [4.69, 9.17) is 24.2 Å². The maximum absolute atomic E-state index is 15.2. The molecule has 10 heteroatoms. The van der Waals surface area contributed by atoms with Gasteiger partial charge in [-0.05, 0) is 83.3 Å². The van der Waals surface area contributed by atoms with Gasteiger partial charge >= 0.3 is 5.97 Å². The van der Waals surface area contributed by atoms with Crippen molar-refractivity contribution in [1.82, 2.24) is 14.9 Å².